The second kappa shape index (κ2) is 5.86. The van der Waals surface area contributed by atoms with Gasteiger partial charge in [0, 0.05) is 30.8 Å². The third-order valence-electron chi connectivity index (χ3n) is 4.23. The van der Waals surface area contributed by atoms with Crippen molar-refractivity contribution >= 4 is 0 Å². The summed E-state index contributed by atoms with van der Waals surface area (Å²) >= 11 is 0. The number of benzene rings is 2. The van der Waals surface area contributed by atoms with Gasteiger partial charge in [0.25, 0.3) is 0 Å². The molecular weight excluding hydrogens is 284 g/mol. The molecule has 0 radical (unpaired) electrons. The molecule has 1 aliphatic rings. The molecule has 0 fully saturated rings. The van der Waals surface area contributed by atoms with Crippen LogP contribution in [0.1, 0.15) is 16.7 Å². The van der Waals surface area contributed by atoms with Crippen LogP contribution in [0.2, 0.25) is 0 Å². The number of hydrogen-bond donors (Lipinski definition) is 1. The SMILES string of the molecule is c1ccc(CC2(Oc3ccccn3)NCc3ccccc32)cc1. The molecule has 2 heterocycles. The van der Waals surface area contributed by atoms with Crippen LogP contribution in [-0.4, -0.2) is 4.98 Å². The van der Waals surface area contributed by atoms with E-state index < -0.39 is 5.72 Å². The fourth-order valence-corrected chi connectivity index (χ4v) is 3.16. The maximum absolute atomic E-state index is 6.37. The van der Waals surface area contributed by atoms with E-state index >= 15 is 0 Å². The highest BCUT2D eigenvalue weighted by Crippen LogP contribution is 2.35. The summed E-state index contributed by atoms with van der Waals surface area (Å²) in [6, 6.07) is 24.6. The predicted octanol–water partition coefficient (Wildman–Crippen LogP) is 3.66. The smallest absolute Gasteiger partial charge is 0.215 e. The lowest BCUT2D eigenvalue weighted by Crippen LogP contribution is -2.44. The van der Waals surface area contributed by atoms with Gasteiger partial charge in [0.2, 0.25) is 5.88 Å². The summed E-state index contributed by atoms with van der Waals surface area (Å²) in [5.41, 5.74) is 3.12. The molecule has 114 valence electrons. The highest BCUT2D eigenvalue weighted by Gasteiger charge is 2.41. The van der Waals surface area contributed by atoms with Gasteiger partial charge in [-0.2, -0.15) is 0 Å². The van der Waals surface area contributed by atoms with E-state index in [0.717, 1.165) is 13.0 Å². The highest BCUT2D eigenvalue weighted by molar-refractivity contribution is 5.39. The molecule has 0 saturated heterocycles. The van der Waals surface area contributed by atoms with Gasteiger partial charge in [0.1, 0.15) is 0 Å². The van der Waals surface area contributed by atoms with Crippen molar-refractivity contribution < 1.29 is 4.74 Å². The van der Waals surface area contributed by atoms with Crippen molar-refractivity contribution in [1.29, 1.82) is 0 Å². The Kier molecular flexibility index (Phi) is 3.56. The number of pyridine rings is 1. The summed E-state index contributed by atoms with van der Waals surface area (Å²) in [6.07, 6.45) is 2.51. The lowest BCUT2D eigenvalue weighted by molar-refractivity contribution is 0.0348. The number of fused-ring (bicyclic) bond motifs is 1. The van der Waals surface area contributed by atoms with Crippen LogP contribution in [0.25, 0.3) is 0 Å². The van der Waals surface area contributed by atoms with Crippen molar-refractivity contribution in [2.45, 2.75) is 18.7 Å². The second-order valence-corrected chi connectivity index (χ2v) is 5.77. The minimum Gasteiger partial charge on any atom is -0.451 e. The molecule has 3 heteroatoms. The number of nitrogens with one attached hydrogen (secondary N) is 1. The summed E-state index contributed by atoms with van der Waals surface area (Å²) in [6.45, 7) is 0.801. The molecule has 1 N–H and O–H groups in total. The van der Waals surface area contributed by atoms with Crippen LogP contribution in [0, 0.1) is 0 Å². The molecule has 1 aliphatic heterocycles. The molecular formula is C20H18N2O. The van der Waals surface area contributed by atoms with Gasteiger partial charge >= 0.3 is 0 Å². The number of ether oxygens (including phenoxy) is 1. The lowest BCUT2D eigenvalue weighted by atomic mass is 9.95. The van der Waals surface area contributed by atoms with Crippen LogP contribution >= 0.6 is 0 Å². The first kappa shape index (κ1) is 14.0. The standard InChI is InChI=1S/C20H18N2O/c1-2-8-16(9-3-1)14-20(23-19-12-6-7-13-21-19)18-11-5-4-10-17(18)15-22-20/h1-13,22H,14-15H2. The number of nitrogens with zero attached hydrogens (tertiary/aromatic N) is 1. The molecule has 3 nitrogen and oxygen atoms in total. The van der Waals surface area contributed by atoms with E-state index in [9.17, 15) is 0 Å². The van der Waals surface area contributed by atoms with Crippen LogP contribution < -0.4 is 10.1 Å². The quantitative estimate of drug-likeness (QED) is 0.798. The summed E-state index contributed by atoms with van der Waals surface area (Å²) in [5, 5.41) is 3.57. The van der Waals surface area contributed by atoms with Gasteiger partial charge < -0.3 is 4.74 Å². The Hall–Kier alpha value is -2.65. The molecule has 1 aromatic heterocycles. The topological polar surface area (TPSA) is 34.1 Å². The van der Waals surface area contributed by atoms with E-state index in [0.29, 0.717) is 5.88 Å². The van der Waals surface area contributed by atoms with Gasteiger partial charge in [-0.25, -0.2) is 4.98 Å². The summed E-state index contributed by atoms with van der Waals surface area (Å²) in [4.78, 5) is 4.34. The zero-order valence-corrected chi connectivity index (χ0v) is 12.8. The van der Waals surface area contributed by atoms with Gasteiger partial charge in [0.15, 0.2) is 5.72 Å². The van der Waals surface area contributed by atoms with Crippen LogP contribution in [0.4, 0.5) is 0 Å². The zero-order chi connectivity index (χ0) is 15.5. The maximum atomic E-state index is 6.37. The second-order valence-electron chi connectivity index (χ2n) is 5.77. The highest BCUT2D eigenvalue weighted by atomic mass is 16.5. The van der Waals surface area contributed by atoms with Gasteiger partial charge in [0.05, 0.1) is 0 Å². The average Bonchev–Trinajstić information content (AvgIpc) is 2.96. The van der Waals surface area contributed by atoms with Crippen molar-refractivity contribution in [2.75, 3.05) is 0 Å². The van der Waals surface area contributed by atoms with Gasteiger partial charge in [-0.1, -0.05) is 60.7 Å². The first-order valence-electron chi connectivity index (χ1n) is 7.83. The van der Waals surface area contributed by atoms with E-state index in [1.54, 1.807) is 6.20 Å². The lowest BCUT2D eigenvalue weighted by Gasteiger charge is -2.31. The molecule has 0 amide bonds. The average molecular weight is 302 g/mol. The van der Waals surface area contributed by atoms with Crippen molar-refractivity contribution in [1.82, 2.24) is 10.3 Å². The molecule has 4 rings (SSSR count). The predicted molar refractivity (Wildman–Crippen MR) is 90.0 cm³/mol. The molecule has 23 heavy (non-hydrogen) atoms. The number of rotatable bonds is 4. The first-order valence-corrected chi connectivity index (χ1v) is 7.83. The van der Waals surface area contributed by atoms with Crippen molar-refractivity contribution in [3.05, 3.63) is 95.7 Å². The van der Waals surface area contributed by atoms with Crippen LogP contribution in [0.3, 0.4) is 0 Å². The van der Waals surface area contributed by atoms with E-state index in [4.69, 9.17) is 4.74 Å². The Balaban J connectivity index is 1.75. The molecule has 1 atom stereocenters. The minimum absolute atomic E-state index is 0.577. The molecule has 2 aromatic carbocycles. The maximum Gasteiger partial charge on any atom is 0.215 e. The summed E-state index contributed by atoms with van der Waals surface area (Å²) in [7, 11) is 0. The fraction of sp³-hybridized carbons (Fsp3) is 0.150. The van der Waals surface area contributed by atoms with E-state index in [1.165, 1.54) is 16.7 Å². The van der Waals surface area contributed by atoms with Gasteiger partial charge in [-0.3, -0.25) is 5.32 Å². The third-order valence-corrected chi connectivity index (χ3v) is 4.23. The number of hydrogen-bond acceptors (Lipinski definition) is 3. The van der Waals surface area contributed by atoms with Crippen molar-refractivity contribution in [3.63, 3.8) is 0 Å². The van der Waals surface area contributed by atoms with Crippen LogP contribution in [0.5, 0.6) is 5.88 Å². The van der Waals surface area contributed by atoms with Crippen molar-refractivity contribution in [2.24, 2.45) is 0 Å². The fourth-order valence-electron chi connectivity index (χ4n) is 3.16. The van der Waals surface area contributed by atoms with Gasteiger partial charge in [-0.05, 0) is 17.2 Å². The largest absolute Gasteiger partial charge is 0.451 e. The summed E-state index contributed by atoms with van der Waals surface area (Å²) in [5.74, 6) is 0.632. The van der Waals surface area contributed by atoms with Crippen LogP contribution in [0.15, 0.2) is 79.0 Å². The monoisotopic (exact) mass is 302 g/mol. The van der Waals surface area contributed by atoms with E-state index in [2.05, 4.69) is 58.8 Å². The summed E-state index contributed by atoms with van der Waals surface area (Å²) < 4.78 is 6.37. The Morgan fingerprint density at radius 3 is 2.52 bits per heavy atom. The van der Waals surface area contributed by atoms with E-state index in [-0.39, 0.29) is 0 Å². The Morgan fingerprint density at radius 2 is 1.70 bits per heavy atom. The third kappa shape index (κ3) is 2.71. The first-order chi connectivity index (χ1) is 11.4. The van der Waals surface area contributed by atoms with Crippen LogP contribution in [-0.2, 0) is 18.7 Å². The molecule has 0 bridgehead atoms. The Labute approximate surface area is 136 Å². The molecule has 0 saturated carbocycles. The molecule has 1 unspecified atom stereocenters. The normalized spacial score (nSPS) is 19.3. The minimum atomic E-state index is -0.577. The molecule has 0 spiro atoms. The zero-order valence-electron chi connectivity index (χ0n) is 12.8. The Bertz CT molecular complexity index is 746. The Morgan fingerprint density at radius 1 is 0.913 bits per heavy atom. The van der Waals surface area contributed by atoms with Gasteiger partial charge in [-0.15, -0.1) is 0 Å². The number of aromatic nitrogens is 1. The molecule has 3 aromatic rings. The van der Waals surface area contributed by atoms with E-state index in [1.807, 2.05) is 24.3 Å². The molecule has 0 aliphatic carbocycles. The van der Waals surface area contributed by atoms with Crippen molar-refractivity contribution in [3.8, 4) is 5.88 Å².